The topological polar surface area (TPSA) is 35.8 Å². The number of nitrogens with one attached hydrogen (secondary N) is 1. The van der Waals surface area contributed by atoms with Crippen molar-refractivity contribution < 1.29 is 0 Å². The lowest BCUT2D eigenvalue weighted by Gasteiger charge is -2.22. The SMILES string of the molecule is CCSC1CCCC1Nc1ccc(C#N)c2ccccc12. The number of hydrogen-bond acceptors (Lipinski definition) is 3. The van der Waals surface area contributed by atoms with Crippen LogP contribution in [0, 0.1) is 11.3 Å². The largest absolute Gasteiger partial charge is 0.381 e. The number of thioether (sulfide) groups is 1. The van der Waals surface area contributed by atoms with Gasteiger partial charge in [0.25, 0.3) is 0 Å². The smallest absolute Gasteiger partial charge is 0.0998 e. The third-order valence-corrected chi connectivity index (χ3v) is 5.54. The van der Waals surface area contributed by atoms with Crippen LogP contribution in [0.15, 0.2) is 36.4 Å². The van der Waals surface area contributed by atoms with Crippen LogP contribution in [-0.2, 0) is 0 Å². The third-order valence-electron chi connectivity index (χ3n) is 4.22. The Morgan fingerprint density at radius 1 is 1.19 bits per heavy atom. The number of hydrogen-bond donors (Lipinski definition) is 1. The second-order valence-electron chi connectivity index (χ2n) is 5.49. The molecule has 1 N–H and O–H groups in total. The molecule has 0 heterocycles. The maximum Gasteiger partial charge on any atom is 0.0998 e. The van der Waals surface area contributed by atoms with Crippen LogP contribution in [-0.4, -0.2) is 17.0 Å². The molecule has 0 amide bonds. The Hall–Kier alpha value is -1.66. The van der Waals surface area contributed by atoms with Crippen molar-refractivity contribution in [1.82, 2.24) is 0 Å². The molecular formula is C18H20N2S. The van der Waals surface area contributed by atoms with Gasteiger partial charge in [-0.05, 0) is 30.7 Å². The van der Waals surface area contributed by atoms with Gasteiger partial charge >= 0.3 is 0 Å². The normalized spacial score (nSPS) is 21.3. The molecule has 2 aromatic rings. The molecule has 0 spiro atoms. The molecule has 3 heteroatoms. The minimum atomic E-state index is 0.547. The maximum atomic E-state index is 9.25. The molecule has 1 aliphatic carbocycles. The summed E-state index contributed by atoms with van der Waals surface area (Å²) in [5, 5.41) is 15.9. The first-order valence-corrected chi connectivity index (χ1v) is 8.68. The average molecular weight is 296 g/mol. The Bertz CT molecular complexity index is 674. The first-order chi connectivity index (χ1) is 10.3. The van der Waals surface area contributed by atoms with E-state index in [9.17, 15) is 5.26 Å². The van der Waals surface area contributed by atoms with E-state index in [2.05, 4.69) is 42.2 Å². The van der Waals surface area contributed by atoms with E-state index in [0.717, 1.165) is 16.3 Å². The van der Waals surface area contributed by atoms with E-state index in [-0.39, 0.29) is 0 Å². The summed E-state index contributed by atoms with van der Waals surface area (Å²) in [6.07, 6.45) is 3.86. The van der Waals surface area contributed by atoms with E-state index >= 15 is 0 Å². The van der Waals surface area contributed by atoms with Gasteiger partial charge in [0.05, 0.1) is 11.6 Å². The van der Waals surface area contributed by atoms with E-state index in [1.54, 1.807) is 0 Å². The van der Waals surface area contributed by atoms with Crippen LogP contribution >= 0.6 is 11.8 Å². The van der Waals surface area contributed by atoms with Gasteiger partial charge in [0.15, 0.2) is 0 Å². The van der Waals surface area contributed by atoms with Crippen LogP contribution < -0.4 is 5.32 Å². The third kappa shape index (κ3) is 2.87. The highest BCUT2D eigenvalue weighted by molar-refractivity contribution is 7.99. The Kier molecular flexibility index (Phi) is 4.36. The van der Waals surface area contributed by atoms with Gasteiger partial charge in [-0.2, -0.15) is 17.0 Å². The number of benzene rings is 2. The summed E-state index contributed by atoms with van der Waals surface area (Å²) in [4.78, 5) is 0. The minimum Gasteiger partial charge on any atom is -0.381 e. The molecule has 0 saturated heterocycles. The lowest BCUT2D eigenvalue weighted by Crippen LogP contribution is -2.26. The molecule has 3 rings (SSSR count). The van der Waals surface area contributed by atoms with Gasteiger partial charge in [-0.3, -0.25) is 0 Å². The van der Waals surface area contributed by atoms with Gasteiger partial charge in [-0.1, -0.05) is 37.6 Å². The fraction of sp³-hybridized carbons (Fsp3) is 0.389. The summed E-state index contributed by atoms with van der Waals surface area (Å²) in [5.41, 5.74) is 1.92. The summed E-state index contributed by atoms with van der Waals surface area (Å²) in [7, 11) is 0. The first kappa shape index (κ1) is 14.3. The highest BCUT2D eigenvalue weighted by atomic mass is 32.2. The second kappa shape index (κ2) is 6.41. The van der Waals surface area contributed by atoms with Crippen LogP contribution in [0.25, 0.3) is 10.8 Å². The van der Waals surface area contributed by atoms with Crippen molar-refractivity contribution >= 4 is 28.2 Å². The molecule has 2 atom stereocenters. The average Bonchev–Trinajstić information content (AvgIpc) is 2.95. The molecule has 1 fully saturated rings. The molecule has 21 heavy (non-hydrogen) atoms. The predicted octanol–water partition coefficient (Wildman–Crippen LogP) is 4.80. The lowest BCUT2D eigenvalue weighted by atomic mass is 10.0. The number of nitrogens with zero attached hydrogens (tertiary/aromatic N) is 1. The fourth-order valence-corrected chi connectivity index (χ4v) is 4.42. The zero-order chi connectivity index (χ0) is 14.7. The monoisotopic (exact) mass is 296 g/mol. The van der Waals surface area contributed by atoms with E-state index < -0.39 is 0 Å². The van der Waals surface area contributed by atoms with E-state index in [0.29, 0.717) is 11.3 Å². The van der Waals surface area contributed by atoms with Crippen LogP contribution in [0.4, 0.5) is 5.69 Å². The minimum absolute atomic E-state index is 0.547. The van der Waals surface area contributed by atoms with Gasteiger partial charge in [0, 0.05) is 27.8 Å². The second-order valence-corrected chi connectivity index (χ2v) is 7.01. The molecule has 0 radical (unpaired) electrons. The maximum absolute atomic E-state index is 9.25. The molecule has 108 valence electrons. The van der Waals surface area contributed by atoms with E-state index in [1.165, 1.54) is 30.7 Å². The van der Waals surface area contributed by atoms with Gasteiger partial charge in [-0.15, -0.1) is 0 Å². The van der Waals surface area contributed by atoms with Crippen LogP contribution in [0.2, 0.25) is 0 Å². The fourth-order valence-electron chi connectivity index (χ4n) is 3.23. The van der Waals surface area contributed by atoms with Gasteiger partial charge in [0.1, 0.15) is 0 Å². The van der Waals surface area contributed by atoms with Crippen molar-refractivity contribution in [3.8, 4) is 6.07 Å². The Morgan fingerprint density at radius 3 is 2.76 bits per heavy atom. The molecule has 0 aromatic heterocycles. The molecule has 0 aliphatic heterocycles. The van der Waals surface area contributed by atoms with Gasteiger partial charge in [-0.25, -0.2) is 0 Å². The van der Waals surface area contributed by atoms with Crippen molar-refractivity contribution in [1.29, 1.82) is 5.26 Å². The molecule has 0 bridgehead atoms. The van der Waals surface area contributed by atoms with E-state index in [4.69, 9.17) is 0 Å². The molecule has 2 nitrogen and oxygen atoms in total. The zero-order valence-electron chi connectivity index (χ0n) is 12.3. The molecule has 1 saturated carbocycles. The Balaban J connectivity index is 1.93. The summed E-state index contributed by atoms with van der Waals surface area (Å²) in [6, 6.07) is 15.0. The van der Waals surface area contributed by atoms with Crippen molar-refractivity contribution in [3.05, 3.63) is 42.0 Å². The number of anilines is 1. The standard InChI is InChI=1S/C18H20N2S/c1-2-21-18-9-5-8-17(18)20-16-11-10-13(12-19)14-6-3-4-7-15(14)16/h3-4,6-7,10-11,17-18,20H,2,5,8-9H2,1H3. The number of rotatable bonds is 4. The first-order valence-electron chi connectivity index (χ1n) is 7.63. The van der Waals surface area contributed by atoms with Crippen molar-refractivity contribution in [2.45, 2.75) is 37.5 Å². The van der Waals surface area contributed by atoms with Crippen molar-refractivity contribution in [2.75, 3.05) is 11.1 Å². The Labute approximate surface area is 130 Å². The summed E-state index contributed by atoms with van der Waals surface area (Å²) in [6.45, 7) is 2.23. The summed E-state index contributed by atoms with van der Waals surface area (Å²) < 4.78 is 0. The molecule has 2 unspecified atom stereocenters. The molecular weight excluding hydrogens is 276 g/mol. The lowest BCUT2D eigenvalue weighted by molar-refractivity contribution is 0.769. The van der Waals surface area contributed by atoms with Crippen LogP contribution in [0.3, 0.4) is 0 Å². The van der Waals surface area contributed by atoms with Crippen LogP contribution in [0.1, 0.15) is 31.7 Å². The summed E-state index contributed by atoms with van der Waals surface area (Å²) in [5.74, 6) is 1.18. The molecule has 2 aromatic carbocycles. The van der Waals surface area contributed by atoms with Crippen molar-refractivity contribution in [3.63, 3.8) is 0 Å². The zero-order valence-corrected chi connectivity index (χ0v) is 13.1. The van der Waals surface area contributed by atoms with Crippen LogP contribution in [0.5, 0.6) is 0 Å². The number of nitriles is 1. The Morgan fingerprint density at radius 2 is 2.00 bits per heavy atom. The number of fused-ring (bicyclic) bond motifs is 1. The van der Waals surface area contributed by atoms with Gasteiger partial charge < -0.3 is 5.32 Å². The highest BCUT2D eigenvalue weighted by Crippen LogP contribution is 2.34. The molecule has 1 aliphatic rings. The van der Waals surface area contributed by atoms with Gasteiger partial charge in [0.2, 0.25) is 0 Å². The van der Waals surface area contributed by atoms with Crippen molar-refractivity contribution in [2.24, 2.45) is 0 Å². The van der Waals surface area contributed by atoms with E-state index in [1.807, 2.05) is 24.3 Å². The predicted molar refractivity (Wildman–Crippen MR) is 91.8 cm³/mol. The highest BCUT2D eigenvalue weighted by Gasteiger charge is 2.27. The quantitative estimate of drug-likeness (QED) is 0.880. The summed E-state index contributed by atoms with van der Waals surface area (Å²) >= 11 is 2.06.